The number of nitrogens with two attached hydrogens (primary N) is 1. The lowest BCUT2D eigenvalue weighted by molar-refractivity contribution is 0.0886. The van der Waals surface area contributed by atoms with Crippen molar-refractivity contribution in [2.24, 2.45) is 12.8 Å². The van der Waals surface area contributed by atoms with Crippen molar-refractivity contribution in [3.63, 3.8) is 0 Å². The first-order valence-corrected chi connectivity index (χ1v) is 4.95. The van der Waals surface area contributed by atoms with Gasteiger partial charge in [-0.3, -0.25) is 9.48 Å². The van der Waals surface area contributed by atoms with Gasteiger partial charge in [0.25, 0.3) is 0 Å². The fourth-order valence-electron chi connectivity index (χ4n) is 2.02. The van der Waals surface area contributed by atoms with Gasteiger partial charge in [-0.1, -0.05) is 12.8 Å². The van der Waals surface area contributed by atoms with Gasteiger partial charge in [-0.15, -0.1) is 0 Å². The Kier molecular flexibility index (Phi) is 2.15. The zero-order valence-electron chi connectivity index (χ0n) is 8.36. The van der Waals surface area contributed by atoms with E-state index in [4.69, 9.17) is 5.73 Å². The summed E-state index contributed by atoms with van der Waals surface area (Å²) in [5, 5.41) is 4.09. The summed E-state index contributed by atoms with van der Waals surface area (Å²) >= 11 is 0. The summed E-state index contributed by atoms with van der Waals surface area (Å²) in [6.07, 6.45) is 5.46. The second-order valence-corrected chi connectivity index (χ2v) is 4.07. The van der Waals surface area contributed by atoms with Gasteiger partial charge in [-0.25, -0.2) is 0 Å². The zero-order valence-corrected chi connectivity index (χ0v) is 8.36. The van der Waals surface area contributed by atoms with Crippen LogP contribution in [0.25, 0.3) is 0 Å². The number of Topliss-reactive ketones (excluding diaryl/α,β-unsaturated/α-hetero) is 1. The summed E-state index contributed by atoms with van der Waals surface area (Å²) in [6.45, 7) is 0. The highest BCUT2D eigenvalue weighted by Gasteiger charge is 2.38. The number of aryl methyl sites for hydroxylation is 1. The third kappa shape index (κ3) is 1.46. The van der Waals surface area contributed by atoms with Gasteiger partial charge in [-0.05, 0) is 18.9 Å². The monoisotopic (exact) mass is 193 g/mol. The van der Waals surface area contributed by atoms with Crippen LogP contribution in [0.1, 0.15) is 36.2 Å². The summed E-state index contributed by atoms with van der Waals surface area (Å²) < 4.78 is 1.63. The van der Waals surface area contributed by atoms with Crippen LogP contribution in [0.4, 0.5) is 0 Å². The van der Waals surface area contributed by atoms with Crippen LogP contribution in [0, 0.1) is 0 Å². The van der Waals surface area contributed by atoms with Gasteiger partial charge < -0.3 is 5.73 Å². The number of aromatic nitrogens is 2. The molecule has 4 heteroatoms. The predicted molar refractivity (Wildman–Crippen MR) is 52.9 cm³/mol. The molecule has 0 atom stereocenters. The fraction of sp³-hybridized carbons (Fsp3) is 0.600. The lowest BCUT2D eigenvalue weighted by Gasteiger charge is -2.19. The number of carbonyl (C=O) groups excluding carboxylic acids is 1. The van der Waals surface area contributed by atoms with Crippen molar-refractivity contribution in [1.29, 1.82) is 0 Å². The van der Waals surface area contributed by atoms with Gasteiger partial charge >= 0.3 is 0 Å². The molecule has 4 nitrogen and oxygen atoms in total. The molecule has 1 aliphatic carbocycles. The van der Waals surface area contributed by atoms with Gasteiger partial charge in [0, 0.05) is 13.2 Å². The molecular formula is C10H15N3O. The number of hydrogen-bond donors (Lipinski definition) is 1. The van der Waals surface area contributed by atoms with Gasteiger partial charge in [0.1, 0.15) is 5.69 Å². The molecule has 1 heterocycles. The van der Waals surface area contributed by atoms with E-state index in [1.807, 2.05) is 0 Å². The molecule has 1 aromatic rings. The third-order valence-corrected chi connectivity index (χ3v) is 2.89. The molecule has 0 unspecified atom stereocenters. The van der Waals surface area contributed by atoms with Crippen LogP contribution in [-0.2, 0) is 7.05 Å². The highest BCUT2D eigenvalue weighted by atomic mass is 16.1. The minimum atomic E-state index is -0.644. The molecule has 0 bridgehead atoms. The lowest BCUT2D eigenvalue weighted by atomic mass is 9.91. The first-order chi connectivity index (χ1) is 6.62. The van der Waals surface area contributed by atoms with Gasteiger partial charge in [0.05, 0.1) is 5.54 Å². The van der Waals surface area contributed by atoms with E-state index in [1.165, 1.54) is 0 Å². The number of carbonyl (C=O) groups is 1. The highest BCUT2D eigenvalue weighted by molar-refractivity contribution is 6.01. The van der Waals surface area contributed by atoms with Crippen molar-refractivity contribution in [2.45, 2.75) is 31.2 Å². The smallest absolute Gasteiger partial charge is 0.202 e. The van der Waals surface area contributed by atoms with Crippen LogP contribution in [0.5, 0.6) is 0 Å². The Hall–Kier alpha value is -1.16. The first-order valence-electron chi connectivity index (χ1n) is 4.95. The zero-order chi connectivity index (χ0) is 10.2. The molecule has 2 N–H and O–H groups in total. The van der Waals surface area contributed by atoms with Crippen LogP contribution in [0.15, 0.2) is 12.3 Å². The van der Waals surface area contributed by atoms with Crippen LogP contribution in [0.2, 0.25) is 0 Å². The topological polar surface area (TPSA) is 60.9 Å². The Balaban J connectivity index is 2.23. The minimum Gasteiger partial charge on any atom is -0.319 e. The number of nitrogens with zero attached hydrogens (tertiary/aromatic N) is 2. The second kappa shape index (κ2) is 3.20. The Bertz CT molecular complexity index is 350. The molecule has 0 spiro atoms. The fourth-order valence-corrected chi connectivity index (χ4v) is 2.02. The maximum absolute atomic E-state index is 12.0. The molecule has 0 amide bonds. The maximum atomic E-state index is 12.0. The average molecular weight is 193 g/mol. The predicted octanol–water partition coefficient (Wildman–Crippen LogP) is 0.874. The Morgan fingerprint density at radius 2 is 2.21 bits per heavy atom. The summed E-state index contributed by atoms with van der Waals surface area (Å²) in [5.41, 5.74) is 5.90. The molecule has 1 aromatic heterocycles. The van der Waals surface area contributed by atoms with Crippen molar-refractivity contribution in [1.82, 2.24) is 9.78 Å². The van der Waals surface area contributed by atoms with Crippen LogP contribution < -0.4 is 5.73 Å². The summed E-state index contributed by atoms with van der Waals surface area (Å²) in [4.78, 5) is 12.0. The first kappa shape index (κ1) is 9.40. The minimum absolute atomic E-state index is 0.00407. The van der Waals surface area contributed by atoms with Gasteiger partial charge in [0.15, 0.2) is 0 Å². The molecule has 2 rings (SSSR count). The van der Waals surface area contributed by atoms with E-state index < -0.39 is 5.54 Å². The number of rotatable bonds is 2. The van der Waals surface area contributed by atoms with E-state index in [-0.39, 0.29) is 5.78 Å². The van der Waals surface area contributed by atoms with E-state index in [9.17, 15) is 4.79 Å². The third-order valence-electron chi connectivity index (χ3n) is 2.89. The summed E-state index contributed by atoms with van der Waals surface area (Å²) in [7, 11) is 1.80. The molecule has 14 heavy (non-hydrogen) atoms. The number of hydrogen-bond acceptors (Lipinski definition) is 3. The van der Waals surface area contributed by atoms with Gasteiger partial charge in [-0.2, -0.15) is 5.10 Å². The second-order valence-electron chi connectivity index (χ2n) is 4.07. The average Bonchev–Trinajstić information content (AvgIpc) is 2.74. The molecule has 0 aromatic carbocycles. The van der Waals surface area contributed by atoms with E-state index in [0.717, 1.165) is 25.7 Å². The summed E-state index contributed by atoms with van der Waals surface area (Å²) in [6, 6.07) is 1.73. The van der Waals surface area contributed by atoms with Crippen LogP contribution in [0.3, 0.4) is 0 Å². The van der Waals surface area contributed by atoms with Crippen molar-refractivity contribution < 1.29 is 4.79 Å². The summed E-state index contributed by atoms with van der Waals surface area (Å²) in [5.74, 6) is -0.00407. The van der Waals surface area contributed by atoms with Crippen molar-refractivity contribution in [2.75, 3.05) is 0 Å². The largest absolute Gasteiger partial charge is 0.319 e. The van der Waals surface area contributed by atoms with E-state index >= 15 is 0 Å². The standard InChI is InChI=1S/C10H15N3O/c1-13-7-4-8(12-13)9(14)10(11)5-2-3-6-10/h4,7H,2-3,5-6,11H2,1H3. The molecule has 0 radical (unpaired) electrons. The quantitative estimate of drug-likeness (QED) is 0.709. The van der Waals surface area contributed by atoms with E-state index in [0.29, 0.717) is 5.69 Å². The molecular weight excluding hydrogens is 178 g/mol. The molecule has 76 valence electrons. The number of ketones is 1. The van der Waals surface area contributed by atoms with Crippen molar-refractivity contribution in [3.05, 3.63) is 18.0 Å². The van der Waals surface area contributed by atoms with Crippen molar-refractivity contribution >= 4 is 5.78 Å². The molecule has 1 aliphatic rings. The Morgan fingerprint density at radius 1 is 1.57 bits per heavy atom. The van der Waals surface area contributed by atoms with Crippen LogP contribution in [-0.4, -0.2) is 21.1 Å². The van der Waals surface area contributed by atoms with E-state index in [1.54, 1.807) is 24.0 Å². The normalized spacial score (nSPS) is 19.9. The highest BCUT2D eigenvalue weighted by Crippen LogP contribution is 2.29. The van der Waals surface area contributed by atoms with Gasteiger partial charge in [0.2, 0.25) is 5.78 Å². The molecule has 0 aliphatic heterocycles. The Morgan fingerprint density at radius 3 is 2.71 bits per heavy atom. The van der Waals surface area contributed by atoms with Crippen LogP contribution >= 0.6 is 0 Å². The van der Waals surface area contributed by atoms with E-state index in [2.05, 4.69) is 5.10 Å². The molecule has 0 saturated heterocycles. The van der Waals surface area contributed by atoms with Crippen molar-refractivity contribution in [3.8, 4) is 0 Å². The lowest BCUT2D eigenvalue weighted by Crippen LogP contribution is -2.45. The molecule has 1 saturated carbocycles. The Labute approximate surface area is 83.1 Å². The maximum Gasteiger partial charge on any atom is 0.202 e. The SMILES string of the molecule is Cn1ccc(C(=O)C2(N)CCCC2)n1. The molecule has 1 fully saturated rings.